The van der Waals surface area contributed by atoms with Crippen LogP contribution in [0.1, 0.15) is 49.0 Å². The monoisotopic (exact) mass is 433 g/mol. The molecule has 1 amide bonds. The zero-order valence-corrected chi connectivity index (χ0v) is 19.0. The number of amides is 1. The van der Waals surface area contributed by atoms with Gasteiger partial charge in [-0.3, -0.25) is 15.0 Å². The molecule has 0 saturated carbocycles. The van der Waals surface area contributed by atoms with Crippen LogP contribution in [0.25, 0.3) is 0 Å². The first-order valence-electron chi connectivity index (χ1n) is 10.5. The number of carbonyl (C=O) groups is 1. The van der Waals surface area contributed by atoms with Crippen molar-refractivity contribution >= 4 is 34.1 Å². The highest BCUT2D eigenvalue weighted by molar-refractivity contribution is 8.01. The summed E-state index contributed by atoms with van der Waals surface area (Å²) < 4.78 is 0.895. The van der Waals surface area contributed by atoms with E-state index >= 15 is 0 Å². The first-order chi connectivity index (χ1) is 14.2. The molecule has 1 aliphatic heterocycles. The Morgan fingerprint density at radius 3 is 2.76 bits per heavy atom. The highest BCUT2D eigenvalue weighted by Crippen LogP contribution is 2.26. The number of hydrogen-bond acceptors (Lipinski definition) is 7. The Labute approximate surface area is 182 Å². The molecule has 2 heterocycles. The highest BCUT2D eigenvalue weighted by Gasteiger charge is 2.14. The van der Waals surface area contributed by atoms with Gasteiger partial charge in [0.2, 0.25) is 5.13 Å². The summed E-state index contributed by atoms with van der Waals surface area (Å²) in [7, 11) is 0. The third-order valence-corrected chi connectivity index (χ3v) is 7.15. The molecule has 6 nitrogen and oxygen atoms in total. The molecule has 1 aromatic heterocycles. The van der Waals surface area contributed by atoms with Crippen molar-refractivity contribution < 1.29 is 4.79 Å². The minimum Gasteiger partial charge on any atom is -0.303 e. The second kappa shape index (κ2) is 11.6. The maximum absolute atomic E-state index is 12.6. The van der Waals surface area contributed by atoms with Crippen LogP contribution >= 0.6 is 23.1 Å². The van der Waals surface area contributed by atoms with Crippen molar-refractivity contribution in [1.82, 2.24) is 20.0 Å². The Morgan fingerprint density at radius 2 is 2.00 bits per heavy atom. The van der Waals surface area contributed by atoms with Gasteiger partial charge in [-0.2, -0.15) is 0 Å². The molecule has 2 aromatic rings. The van der Waals surface area contributed by atoms with Crippen molar-refractivity contribution in [3.63, 3.8) is 0 Å². The first kappa shape index (κ1) is 22.2. The van der Waals surface area contributed by atoms with Crippen molar-refractivity contribution in [2.24, 2.45) is 0 Å². The van der Waals surface area contributed by atoms with E-state index in [2.05, 4.69) is 45.2 Å². The summed E-state index contributed by atoms with van der Waals surface area (Å²) in [6.07, 6.45) is 3.87. The Bertz CT molecular complexity index is 772. The van der Waals surface area contributed by atoms with E-state index in [0.717, 1.165) is 49.4 Å². The SMILES string of the molecule is CCN(CC)CCSc1nnc(NC(=O)c2cccc(CN3CCCCC3)c2)s1. The number of thioether (sulfide) groups is 1. The van der Waals surface area contributed by atoms with Crippen LogP contribution in [0.3, 0.4) is 0 Å². The van der Waals surface area contributed by atoms with Gasteiger partial charge in [-0.05, 0) is 56.7 Å². The standard InChI is InChI=1S/C21H31N5OS2/c1-3-25(4-2)13-14-28-21-24-23-20(29-21)22-19(27)18-10-8-9-17(15-18)16-26-11-6-5-7-12-26/h8-10,15H,3-7,11-14,16H2,1-2H3,(H,22,23,27). The van der Waals surface area contributed by atoms with E-state index in [4.69, 9.17) is 0 Å². The van der Waals surface area contributed by atoms with Crippen molar-refractivity contribution in [2.45, 2.75) is 44.0 Å². The molecule has 1 saturated heterocycles. The molecule has 0 aliphatic carbocycles. The average molecular weight is 434 g/mol. The van der Waals surface area contributed by atoms with Crippen molar-refractivity contribution in [3.8, 4) is 0 Å². The van der Waals surface area contributed by atoms with Crippen LogP contribution in [-0.4, -0.2) is 64.4 Å². The number of carbonyl (C=O) groups excluding carboxylic acids is 1. The minimum absolute atomic E-state index is 0.124. The van der Waals surface area contributed by atoms with Crippen molar-refractivity contribution in [2.75, 3.05) is 43.8 Å². The minimum atomic E-state index is -0.124. The van der Waals surface area contributed by atoms with Gasteiger partial charge < -0.3 is 4.90 Å². The quantitative estimate of drug-likeness (QED) is 0.447. The largest absolute Gasteiger partial charge is 0.303 e. The second-order valence-corrected chi connectivity index (χ2v) is 9.56. The molecule has 0 radical (unpaired) electrons. The molecule has 1 aliphatic rings. The maximum atomic E-state index is 12.6. The molecule has 1 aromatic carbocycles. The second-order valence-electron chi connectivity index (χ2n) is 7.24. The van der Waals surface area contributed by atoms with Crippen LogP contribution in [0.5, 0.6) is 0 Å². The smallest absolute Gasteiger partial charge is 0.257 e. The summed E-state index contributed by atoms with van der Waals surface area (Å²) in [5, 5.41) is 11.8. The lowest BCUT2D eigenvalue weighted by atomic mass is 10.1. The van der Waals surface area contributed by atoms with E-state index in [1.807, 2.05) is 18.2 Å². The number of nitrogens with one attached hydrogen (secondary N) is 1. The summed E-state index contributed by atoms with van der Waals surface area (Å²) in [4.78, 5) is 17.5. The number of rotatable bonds is 10. The van der Waals surface area contributed by atoms with E-state index in [0.29, 0.717) is 10.7 Å². The molecule has 0 atom stereocenters. The molecular formula is C21H31N5OS2. The molecule has 158 valence electrons. The molecule has 29 heavy (non-hydrogen) atoms. The summed E-state index contributed by atoms with van der Waals surface area (Å²) in [6, 6.07) is 7.91. The predicted molar refractivity (Wildman–Crippen MR) is 122 cm³/mol. The maximum Gasteiger partial charge on any atom is 0.257 e. The van der Waals surface area contributed by atoms with Gasteiger partial charge in [0.25, 0.3) is 5.91 Å². The van der Waals surface area contributed by atoms with E-state index in [1.54, 1.807) is 11.8 Å². The fourth-order valence-corrected chi connectivity index (χ4v) is 5.29. The Balaban J connectivity index is 1.51. The molecule has 0 bridgehead atoms. The van der Waals surface area contributed by atoms with Crippen LogP contribution in [0.4, 0.5) is 5.13 Å². The number of piperidine rings is 1. The topological polar surface area (TPSA) is 61.4 Å². The molecule has 1 fully saturated rings. The third kappa shape index (κ3) is 7.06. The summed E-state index contributed by atoms with van der Waals surface area (Å²) >= 11 is 3.13. The van der Waals surface area contributed by atoms with Gasteiger partial charge in [0.1, 0.15) is 0 Å². The van der Waals surface area contributed by atoms with Gasteiger partial charge in [0, 0.05) is 24.4 Å². The lowest BCUT2D eigenvalue weighted by molar-refractivity contribution is 0.102. The van der Waals surface area contributed by atoms with Crippen LogP contribution in [-0.2, 0) is 6.54 Å². The molecule has 1 N–H and O–H groups in total. The zero-order chi connectivity index (χ0) is 20.5. The fourth-order valence-electron chi connectivity index (χ4n) is 3.48. The van der Waals surface area contributed by atoms with Gasteiger partial charge in [-0.25, -0.2) is 0 Å². The molecule has 3 rings (SSSR count). The van der Waals surface area contributed by atoms with E-state index in [9.17, 15) is 4.79 Å². The molecule has 8 heteroatoms. The Kier molecular flexibility index (Phi) is 8.92. The molecular weight excluding hydrogens is 402 g/mol. The fraction of sp³-hybridized carbons (Fsp3) is 0.571. The lowest BCUT2D eigenvalue weighted by Gasteiger charge is -2.26. The van der Waals surface area contributed by atoms with E-state index in [-0.39, 0.29) is 5.91 Å². The zero-order valence-electron chi connectivity index (χ0n) is 17.4. The van der Waals surface area contributed by atoms with Gasteiger partial charge in [-0.15, -0.1) is 10.2 Å². The normalized spacial score (nSPS) is 15.0. The highest BCUT2D eigenvalue weighted by atomic mass is 32.2. The van der Waals surface area contributed by atoms with Crippen molar-refractivity contribution in [3.05, 3.63) is 35.4 Å². The third-order valence-electron chi connectivity index (χ3n) is 5.20. The number of anilines is 1. The van der Waals surface area contributed by atoms with E-state index in [1.165, 1.54) is 36.2 Å². The first-order valence-corrected chi connectivity index (χ1v) is 12.3. The Hall–Kier alpha value is -1.48. The number of nitrogens with zero attached hydrogens (tertiary/aromatic N) is 4. The average Bonchev–Trinajstić information content (AvgIpc) is 3.19. The number of hydrogen-bond donors (Lipinski definition) is 1. The van der Waals surface area contributed by atoms with E-state index < -0.39 is 0 Å². The van der Waals surface area contributed by atoms with Crippen LogP contribution in [0, 0.1) is 0 Å². The van der Waals surface area contributed by atoms with Gasteiger partial charge in [0.15, 0.2) is 4.34 Å². The van der Waals surface area contributed by atoms with Crippen LogP contribution < -0.4 is 5.32 Å². The van der Waals surface area contributed by atoms with Gasteiger partial charge in [-0.1, -0.05) is 55.5 Å². The molecule has 0 unspecified atom stereocenters. The number of aromatic nitrogens is 2. The summed E-state index contributed by atoms with van der Waals surface area (Å²) in [5.41, 5.74) is 1.86. The predicted octanol–water partition coefficient (Wildman–Crippen LogP) is 4.21. The van der Waals surface area contributed by atoms with Gasteiger partial charge >= 0.3 is 0 Å². The summed E-state index contributed by atoms with van der Waals surface area (Å²) in [6.45, 7) is 10.7. The van der Waals surface area contributed by atoms with Crippen LogP contribution in [0.15, 0.2) is 28.6 Å². The summed E-state index contributed by atoms with van der Waals surface area (Å²) in [5.74, 6) is 0.851. The lowest BCUT2D eigenvalue weighted by Crippen LogP contribution is -2.29. The molecule has 0 spiro atoms. The van der Waals surface area contributed by atoms with Crippen molar-refractivity contribution in [1.29, 1.82) is 0 Å². The number of benzene rings is 1. The number of likely N-dealkylation sites (tertiary alicyclic amines) is 1. The van der Waals surface area contributed by atoms with Gasteiger partial charge in [0.05, 0.1) is 0 Å². The Morgan fingerprint density at radius 1 is 1.21 bits per heavy atom. The van der Waals surface area contributed by atoms with Crippen LogP contribution in [0.2, 0.25) is 0 Å².